The summed E-state index contributed by atoms with van der Waals surface area (Å²) in [5.74, 6) is 2.16. The van der Waals surface area contributed by atoms with Crippen molar-refractivity contribution >= 4 is 0 Å². The van der Waals surface area contributed by atoms with Crippen LogP contribution < -0.4 is 5.73 Å². The molecule has 2 fully saturated rings. The van der Waals surface area contributed by atoms with Gasteiger partial charge in [-0.1, -0.05) is 59.4 Å². The Hall–Kier alpha value is -1.10. The predicted octanol–water partition coefficient (Wildman–Crippen LogP) is 8.28. The van der Waals surface area contributed by atoms with E-state index in [0.29, 0.717) is 22.7 Å². The maximum atomic E-state index is 6.25. The quantitative estimate of drug-likeness (QED) is 0.170. The van der Waals surface area contributed by atoms with Crippen LogP contribution in [0.25, 0.3) is 0 Å². The maximum Gasteiger partial charge on any atom is 0.197 e. The van der Waals surface area contributed by atoms with Gasteiger partial charge in [0.15, 0.2) is 6.29 Å². The molecule has 4 heteroatoms. The van der Waals surface area contributed by atoms with Crippen LogP contribution in [0.4, 0.5) is 0 Å². The molecule has 0 aromatic carbocycles. The van der Waals surface area contributed by atoms with Crippen LogP contribution in [0.2, 0.25) is 0 Å². The van der Waals surface area contributed by atoms with Crippen LogP contribution in [0.5, 0.6) is 0 Å². The van der Waals surface area contributed by atoms with Gasteiger partial charge >= 0.3 is 0 Å². The van der Waals surface area contributed by atoms with Crippen LogP contribution in [0.15, 0.2) is 36.6 Å². The molecule has 2 atom stereocenters. The number of hydrogen-bond acceptors (Lipinski definition) is 4. The van der Waals surface area contributed by atoms with Gasteiger partial charge in [0.2, 0.25) is 0 Å². The molecule has 4 nitrogen and oxygen atoms in total. The van der Waals surface area contributed by atoms with Crippen LogP contribution in [-0.2, 0) is 14.2 Å². The van der Waals surface area contributed by atoms with Gasteiger partial charge < -0.3 is 19.9 Å². The second-order valence-corrected chi connectivity index (χ2v) is 12.9. The van der Waals surface area contributed by atoms with E-state index in [0.717, 1.165) is 55.9 Å². The molecule has 0 bridgehead atoms. The summed E-state index contributed by atoms with van der Waals surface area (Å²) < 4.78 is 18.0. The molecule has 202 valence electrons. The summed E-state index contributed by atoms with van der Waals surface area (Å²) in [6.07, 6.45) is 15.7. The molecule has 0 radical (unpaired) electrons. The third-order valence-corrected chi connectivity index (χ3v) is 8.26. The van der Waals surface area contributed by atoms with Crippen molar-refractivity contribution < 1.29 is 14.2 Å². The summed E-state index contributed by atoms with van der Waals surface area (Å²) in [6.45, 7) is 23.9. The Bertz CT molecular complexity index is 687. The Labute approximate surface area is 216 Å². The van der Waals surface area contributed by atoms with E-state index in [4.69, 9.17) is 19.9 Å². The summed E-state index contributed by atoms with van der Waals surface area (Å²) in [4.78, 5) is 0. The van der Waals surface area contributed by atoms with Crippen LogP contribution in [0.3, 0.4) is 0 Å². The Balaban J connectivity index is 1.71. The Morgan fingerprint density at radius 3 is 1.77 bits per heavy atom. The molecule has 2 unspecified atom stereocenters. The summed E-state index contributed by atoms with van der Waals surface area (Å²) in [6, 6.07) is 0. The number of hydrogen-bond donors (Lipinski definition) is 1. The summed E-state index contributed by atoms with van der Waals surface area (Å²) in [5, 5.41) is 0. The summed E-state index contributed by atoms with van der Waals surface area (Å²) in [7, 11) is 0. The zero-order valence-electron chi connectivity index (χ0n) is 23.9. The number of rotatable bonds is 12. The van der Waals surface area contributed by atoms with Gasteiger partial charge in [-0.25, -0.2) is 0 Å². The molecule has 2 saturated carbocycles. The van der Waals surface area contributed by atoms with E-state index in [1.165, 1.54) is 25.7 Å². The van der Waals surface area contributed by atoms with Gasteiger partial charge in [0.1, 0.15) is 12.0 Å². The van der Waals surface area contributed by atoms with Crippen LogP contribution in [0.1, 0.15) is 113 Å². The van der Waals surface area contributed by atoms with Crippen molar-refractivity contribution in [1.82, 2.24) is 0 Å². The Morgan fingerprint density at radius 1 is 0.829 bits per heavy atom. The average Bonchev–Trinajstić information content (AvgIpc) is 2.76. The highest BCUT2D eigenvalue weighted by atomic mass is 16.7. The highest BCUT2D eigenvalue weighted by molar-refractivity contribution is 5.21. The van der Waals surface area contributed by atoms with E-state index in [2.05, 4.69) is 47.8 Å². The lowest BCUT2D eigenvalue weighted by molar-refractivity contribution is -0.149. The van der Waals surface area contributed by atoms with E-state index in [1.807, 2.05) is 26.0 Å². The first-order valence-corrected chi connectivity index (χ1v) is 14.0. The first-order valence-electron chi connectivity index (χ1n) is 14.0. The zero-order chi connectivity index (χ0) is 26.2. The van der Waals surface area contributed by atoms with E-state index in [-0.39, 0.29) is 18.6 Å². The molecular formula is C31H55NO3. The Kier molecular flexibility index (Phi) is 11.6. The van der Waals surface area contributed by atoms with E-state index >= 15 is 0 Å². The first-order chi connectivity index (χ1) is 16.3. The maximum absolute atomic E-state index is 6.25. The lowest BCUT2D eigenvalue weighted by Crippen LogP contribution is -2.40. The average molecular weight is 490 g/mol. The van der Waals surface area contributed by atoms with Crippen LogP contribution in [0, 0.1) is 22.7 Å². The third-order valence-electron chi connectivity index (χ3n) is 8.26. The van der Waals surface area contributed by atoms with Crippen molar-refractivity contribution in [2.45, 2.75) is 137 Å². The Morgan fingerprint density at radius 2 is 1.31 bits per heavy atom. The molecule has 0 heterocycles. The molecule has 0 spiro atoms. The van der Waals surface area contributed by atoms with Gasteiger partial charge in [0, 0.05) is 0 Å². The first kappa shape index (κ1) is 30.1. The highest BCUT2D eigenvalue weighted by Crippen LogP contribution is 2.49. The monoisotopic (exact) mass is 489 g/mol. The van der Waals surface area contributed by atoms with Crippen LogP contribution in [-0.4, -0.2) is 24.7 Å². The molecule has 35 heavy (non-hydrogen) atoms. The second kappa shape index (κ2) is 13.4. The molecule has 0 aromatic heterocycles. The van der Waals surface area contributed by atoms with Crippen molar-refractivity contribution in [3.05, 3.63) is 36.6 Å². The molecule has 0 aromatic rings. The topological polar surface area (TPSA) is 53.7 Å². The fourth-order valence-corrected chi connectivity index (χ4v) is 5.90. The predicted molar refractivity (Wildman–Crippen MR) is 148 cm³/mol. The number of allylic oxidation sites excluding steroid dienone is 3. The molecule has 0 amide bonds. The third kappa shape index (κ3) is 10.8. The largest absolute Gasteiger partial charge is 0.466 e. The second-order valence-electron chi connectivity index (χ2n) is 12.9. The van der Waals surface area contributed by atoms with Gasteiger partial charge in [0.05, 0.1) is 12.2 Å². The highest BCUT2D eigenvalue weighted by Gasteiger charge is 2.41. The smallest absolute Gasteiger partial charge is 0.197 e. The fraction of sp³-hybridized carbons (Fsp3) is 0.806. The van der Waals surface area contributed by atoms with Gasteiger partial charge in [-0.3, -0.25) is 0 Å². The van der Waals surface area contributed by atoms with Gasteiger partial charge in [-0.15, -0.1) is 0 Å². The summed E-state index contributed by atoms with van der Waals surface area (Å²) >= 11 is 0. The van der Waals surface area contributed by atoms with Gasteiger partial charge in [0.25, 0.3) is 0 Å². The van der Waals surface area contributed by atoms with Crippen molar-refractivity contribution in [3.8, 4) is 0 Å². The van der Waals surface area contributed by atoms with Crippen molar-refractivity contribution in [2.75, 3.05) is 0 Å². The molecule has 0 saturated heterocycles. The number of ether oxygens (including phenoxy) is 3. The lowest BCUT2D eigenvalue weighted by atomic mass is 9.60. The summed E-state index contributed by atoms with van der Waals surface area (Å²) in [5.41, 5.74) is 7.62. The standard InChI is InChI=1S/C31H55NO3/c1-22(20-21-30(5,6)7)10-11-23(2)33-25(4)35-29-18-14-27(15-19-29)31(8,9)26-12-16-28(17-13-26)34-24(3)32/h10-11,24-29H,1-2,12-21,32H2,3-9H3/b11-10-. The van der Waals surface area contributed by atoms with Crippen molar-refractivity contribution in [3.63, 3.8) is 0 Å². The van der Waals surface area contributed by atoms with E-state index < -0.39 is 0 Å². The molecule has 0 aliphatic heterocycles. The minimum atomic E-state index is -0.287. The molecule has 2 N–H and O–H groups in total. The van der Waals surface area contributed by atoms with E-state index in [1.54, 1.807) is 0 Å². The zero-order valence-corrected chi connectivity index (χ0v) is 23.9. The fourth-order valence-electron chi connectivity index (χ4n) is 5.90. The van der Waals surface area contributed by atoms with Crippen LogP contribution >= 0.6 is 0 Å². The SMILES string of the molecule is C=C(/C=C\C(=C)OC(C)OC1CCC(C(C)(C)C2CCC(OC(C)N)CC2)CC1)CCC(C)(C)C. The molecular weight excluding hydrogens is 434 g/mol. The van der Waals surface area contributed by atoms with Crippen molar-refractivity contribution in [2.24, 2.45) is 28.4 Å². The van der Waals surface area contributed by atoms with Gasteiger partial charge in [-0.05, 0) is 107 Å². The normalized spacial score (nSPS) is 28.0. The minimum absolute atomic E-state index is 0.155. The van der Waals surface area contributed by atoms with Gasteiger partial charge in [-0.2, -0.15) is 0 Å². The minimum Gasteiger partial charge on any atom is -0.466 e. The van der Waals surface area contributed by atoms with E-state index in [9.17, 15) is 0 Å². The molecule has 2 aliphatic rings. The lowest BCUT2D eigenvalue weighted by Gasteiger charge is -2.47. The number of nitrogens with two attached hydrogens (primary N) is 1. The molecule has 2 rings (SSSR count). The van der Waals surface area contributed by atoms with Crippen molar-refractivity contribution in [1.29, 1.82) is 0 Å². The molecule has 2 aliphatic carbocycles.